The molecule has 0 amide bonds. The molecule has 2 rings (SSSR count). The Morgan fingerprint density at radius 2 is 2.21 bits per heavy atom. The number of carboxylic acids is 1. The van der Waals surface area contributed by atoms with Crippen LogP contribution in [0.25, 0.3) is 5.69 Å². The fraction of sp³-hybridized carbons (Fsp3) is 0.333. The van der Waals surface area contributed by atoms with Crippen LogP contribution in [-0.2, 0) is 11.2 Å². The van der Waals surface area contributed by atoms with E-state index >= 15 is 0 Å². The van der Waals surface area contributed by atoms with Gasteiger partial charge in [0.15, 0.2) is 5.16 Å². The first kappa shape index (κ1) is 13.5. The van der Waals surface area contributed by atoms with Crippen LogP contribution in [0.4, 0.5) is 0 Å². The van der Waals surface area contributed by atoms with Crippen molar-refractivity contribution in [2.75, 3.05) is 5.75 Å². The first-order chi connectivity index (χ1) is 9.11. The maximum absolute atomic E-state index is 10.7. The van der Waals surface area contributed by atoms with E-state index in [1.165, 1.54) is 0 Å². The monoisotopic (exact) mass is 278 g/mol. The molecule has 1 N–H and O–H groups in total. The van der Waals surface area contributed by atoms with Crippen LogP contribution < -0.4 is 0 Å². The zero-order chi connectivity index (χ0) is 13.8. The SMILES string of the molecule is CCc1nnc(SCC(=O)O)n1-c1ccc(C)nc1. The lowest BCUT2D eigenvalue weighted by Crippen LogP contribution is -2.05. The van der Waals surface area contributed by atoms with Gasteiger partial charge >= 0.3 is 5.97 Å². The quantitative estimate of drug-likeness (QED) is 0.839. The fourth-order valence-corrected chi connectivity index (χ4v) is 2.29. The fourth-order valence-electron chi connectivity index (χ4n) is 1.60. The third kappa shape index (κ3) is 3.11. The molecule has 2 aromatic rings. The van der Waals surface area contributed by atoms with E-state index in [4.69, 9.17) is 5.11 Å². The van der Waals surface area contributed by atoms with Crippen LogP contribution in [0.15, 0.2) is 23.5 Å². The number of hydrogen-bond donors (Lipinski definition) is 1. The minimum atomic E-state index is -0.875. The number of hydrogen-bond acceptors (Lipinski definition) is 5. The molecule has 0 saturated carbocycles. The molecule has 100 valence electrons. The highest BCUT2D eigenvalue weighted by Crippen LogP contribution is 2.21. The van der Waals surface area contributed by atoms with Crippen molar-refractivity contribution in [2.24, 2.45) is 0 Å². The maximum Gasteiger partial charge on any atom is 0.313 e. The van der Waals surface area contributed by atoms with E-state index in [0.717, 1.165) is 29.0 Å². The van der Waals surface area contributed by atoms with Crippen molar-refractivity contribution in [1.29, 1.82) is 0 Å². The van der Waals surface area contributed by atoms with Crippen molar-refractivity contribution in [1.82, 2.24) is 19.7 Å². The Hall–Kier alpha value is -1.89. The van der Waals surface area contributed by atoms with Gasteiger partial charge < -0.3 is 5.11 Å². The molecule has 0 unspecified atom stereocenters. The number of nitrogens with zero attached hydrogens (tertiary/aromatic N) is 4. The Kier molecular flexibility index (Phi) is 4.16. The van der Waals surface area contributed by atoms with E-state index < -0.39 is 5.97 Å². The molecule has 0 saturated heterocycles. The number of aromatic nitrogens is 4. The largest absolute Gasteiger partial charge is 0.481 e. The van der Waals surface area contributed by atoms with Crippen molar-refractivity contribution in [3.63, 3.8) is 0 Å². The van der Waals surface area contributed by atoms with Gasteiger partial charge in [0, 0.05) is 12.1 Å². The van der Waals surface area contributed by atoms with Crippen LogP contribution in [0.1, 0.15) is 18.4 Å². The van der Waals surface area contributed by atoms with Crippen molar-refractivity contribution in [3.05, 3.63) is 29.8 Å². The number of aryl methyl sites for hydroxylation is 2. The van der Waals surface area contributed by atoms with Gasteiger partial charge in [0.05, 0.1) is 17.6 Å². The number of carboxylic acid groups (broad SMARTS) is 1. The number of thioether (sulfide) groups is 1. The molecule has 0 spiro atoms. The van der Waals surface area contributed by atoms with Crippen LogP contribution in [0.2, 0.25) is 0 Å². The summed E-state index contributed by atoms with van der Waals surface area (Å²) < 4.78 is 1.85. The lowest BCUT2D eigenvalue weighted by molar-refractivity contribution is -0.133. The molecule has 2 aromatic heterocycles. The van der Waals surface area contributed by atoms with E-state index in [1.54, 1.807) is 6.20 Å². The van der Waals surface area contributed by atoms with Gasteiger partial charge in [-0.25, -0.2) is 0 Å². The third-order valence-electron chi connectivity index (χ3n) is 2.50. The summed E-state index contributed by atoms with van der Waals surface area (Å²) in [5, 5.41) is 17.4. The van der Waals surface area contributed by atoms with Gasteiger partial charge in [0.25, 0.3) is 0 Å². The normalized spacial score (nSPS) is 10.6. The number of rotatable bonds is 5. The first-order valence-electron chi connectivity index (χ1n) is 5.83. The van der Waals surface area contributed by atoms with Gasteiger partial charge in [0.1, 0.15) is 5.82 Å². The lowest BCUT2D eigenvalue weighted by Gasteiger charge is -2.08. The maximum atomic E-state index is 10.7. The van der Waals surface area contributed by atoms with E-state index in [2.05, 4.69) is 15.2 Å². The second-order valence-corrected chi connectivity index (χ2v) is 4.87. The number of carbonyl (C=O) groups is 1. The van der Waals surface area contributed by atoms with Gasteiger partial charge in [-0.1, -0.05) is 18.7 Å². The van der Waals surface area contributed by atoms with Crippen LogP contribution in [0, 0.1) is 6.92 Å². The Bertz CT molecular complexity index is 580. The number of pyridine rings is 1. The molecule has 0 aliphatic carbocycles. The molecule has 0 aliphatic rings. The minimum absolute atomic E-state index is 0.0405. The molecule has 6 nitrogen and oxygen atoms in total. The Morgan fingerprint density at radius 1 is 1.42 bits per heavy atom. The third-order valence-corrected chi connectivity index (χ3v) is 3.41. The summed E-state index contributed by atoms with van der Waals surface area (Å²) in [5.41, 5.74) is 1.77. The summed E-state index contributed by atoms with van der Waals surface area (Å²) in [6.07, 6.45) is 2.46. The molecule has 7 heteroatoms. The molecular weight excluding hydrogens is 264 g/mol. The predicted octanol–water partition coefficient (Wildman–Crippen LogP) is 1.71. The van der Waals surface area contributed by atoms with Crippen molar-refractivity contribution < 1.29 is 9.90 Å². The summed E-state index contributed by atoms with van der Waals surface area (Å²) >= 11 is 1.15. The number of aliphatic carboxylic acids is 1. The Balaban J connectivity index is 2.38. The predicted molar refractivity (Wildman–Crippen MR) is 71.6 cm³/mol. The average Bonchev–Trinajstić information content (AvgIpc) is 2.80. The molecule has 0 bridgehead atoms. The molecule has 0 aliphatic heterocycles. The highest BCUT2D eigenvalue weighted by Gasteiger charge is 2.14. The smallest absolute Gasteiger partial charge is 0.313 e. The van der Waals surface area contributed by atoms with Gasteiger partial charge in [0.2, 0.25) is 0 Å². The molecule has 0 fully saturated rings. The molecule has 0 atom stereocenters. The zero-order valence-corrected chi connectivity index (χ0v) is 11.5. The lowest BCUT2D eigenvalue weighted by atomic mass is 10.3. The summed E-state index contributed by atoms with van der Waals surface area (Å²) in [6.45, 7) is 3.89. The minimum Gasteiger partial charge on any atom is -0.481 e. The van der Waals surface area contributed by atoms with Gasteiger partial charge in [-0.3, -0.25) is 14.3 Å². The molecular formula is C12H14N4O2S. The highest BCUT2D eigenvalue weighted by molar-refractivity contribution is 7.99. The van der Waals surface area contributed by atoms with Crippen molar-refractivity contribution in [3.8, 4) is 5.69 Å². The summed E-state index contributed by atoms with van der Waals surface area (Å²) in [6, 6.07) is 3.83. The molecule has 2 heterocycles. The standard InChI is InChI=1S/C12H14N4O2S/c1-3-10-14-15-12(19-7-11(17)18)16(10)9-5-4-8(2)13-6-9/h4-6H,3,7H2,1-2H3,(H,17,18). The van der Waals surface area contributed by atoms with Crippen LogP contribution in [0.3, 0.4) is 0 Å². The molecule has 0 aromatic carbocycles. The van der Waals surface area contributed by atoms with E-state index in [0.29, 0.717) is 11.6 Å². The van der Waals surface area contributed by atoms with Crippen molar-refractivity contribution >= 4 is 17.7 Å². The van der Waals surface area contributed by atoms with Gasteiger partial charge in [-0.05, 0) is 19.1 Å². The van der Waals surface area contributed by atoms with E-state index in [-0.39, 0.29) is 5.75 Å². The summed E-state index contributed by atoms with van der Waals surface area (Å²) in [7, 11) is 0. The Morgan fingerprint density at radius 3 is 2.79 bits per heavy atom. The van der Waals surface area contributed by atoms with Gasteiger partial charge in [-0.15, -0.1) is 10.2 Å². The summed E-state index contributed by atoms with van der Waals surface area (Å²) in [4.78, 5) is 14.9. The second-order valence-electron chi connectivity index (χ2n) is 3.93. The Labute approximate surface area is 114 Å². The highest BCUT2D eigenvalue weighted by atomic mass is 32.2. The second kappa shape index (κ2) is 5.83. The van der Waals surface area contributed by atoms with Crippen LogP contribution in [0.5, 0.6) is 0 Å². The van der Waals surface area contributed by atoms with Crippen LogP contribution in [-0.4, -0.2) is 36.6 Å². The zero-order valence-electron chi connectivity index (χ0n) is 10.7. The topological polar surface area (TPSA) is 80.9 Å². The van der Waals surface area contributed by atoms with E-state index in [9.17, 15) is 4.79 Å². The molecule has 0 radical (unpaired) electrons. The molecule has 19 heavy (non-hydrogen) atoms. The van der Waals surface area contributed by atoms with Crippen molar-refractivity contribution in [2.45, 2.75) is 25.4 Å². The van der Waals surface area contributed by atoms with Crippen LogP contribution >= 0.6 is 11.8 Å². The average molecular weight is 278 g/mol. The first-order valence-corrected chi connectivity index (χ1v) is 6.82. The van der Waals surface area contributed by atoms with Gasteiger partial charge in [-0.2, -0.15) is 0 Å². The van der Waals surface area contributed by atoms with E-state index in [1.807, 2.05) is 30.5 Å². The summed E-state index contributed by atoms with van der Waals surface area (Å²) in [5.74, 6) is -0.126.